The Labute approximate surface area is 180 Å². The molecule has 1 aromatic heterocycles. The first-order valence-electron chi connectivity index (χ1n) is 9.05. The molecule has 1 aromatic rings. The van der Waals surface area contributed by atoms with Crippen molar-refractivity contribution in [2.24, 2.45) is 0 Å². The minimum atomic E-state index is -4.00. The van der Waals surface area contributed by atoms with E-state index in [1.165, 1.54) is 20.9 Å². The molecule has 0 fully saturated rings. The third-order valence-corrected chi connectivity index (χ3v) is 5.88. The van der Waals surface area contributed by atoms with Crippen molar-refractivity contribution in [3.05, 3.63) is 17.0 Å². The van der Waals surface area contributed by atoms with Gasteiger partial charge in [-0.05, 0) is 20.8 Å². The summed E-state index contributed by atoms with van der Waals surface area (Å²) in [6, 6.07) is -0.461. The average molecular weight is 483 g/mol. The molecule has 2 rings (SSSR count). The van der Waals surface area contributed by atoms with Crippen LogP contribution in [-0.4, -0.2) is 90.9 Å². The van der Waals surface area contributed by atoms with Crippen molar-refractivity contribution < 1.29 is 40.6 Å². The Morgan fingerprint density at radius 1 is 1.26 bits per heavy atom. The minimum Gasteiger partial charge on any atom is -0.465 e. The molecule has 2 amide bonds. The molecule has 15 heteroatoms. The molecule has 0 saturated carbocycles. The molecule has 1 aliphatic heterocycles. The summed E-state index contributed by atoms with van der Waals surface area (Å²) < 4.78 is 52.3. The van der Waals surface area contributed by atoms with Gasteiger partial charge in [-0.2, -0.15) is 17.6 Å². The van der Waals surface area contributed by atoms with E-state index < -0.39 is 50.4 Å². The van der Waals surface area contributed by atoms with Crippen molar-refractivity contribution in [1.29, 1.82) is 0 Å². The van der Waals surface area contributed by atoms with Gasteiger partial charge >= 0.3 is 6.09 Å². The van der Waals surface area contributed by atoms with Gasteiger partial charge in [0.2, 0.25) is 0 Å². The van der Waals surface area contributed by atoms with Crippen molar-refractivity contribution in [3.63, 3.8) is 0 Å². The van der Waals surface area contributed by atoms with Gasteiger partial charge in [0.25, 0.3) is 26.0 Å². The molecule has 1 aliphatic rings. The number of aromatic nitrogens is 2. The van der Waals surface area contributed by atoms with Crippen LogP contribution in [0.15, 0.2) is 0 Å². The van der Waals surface area contributed by atoms with Crippen LogP contribution in [0.25, 0.3) is 0 Å². The van der Waals surface area contributed by atoms with Gasteiger partial charge in [0, 0.05) is 25.1 Å². The second-order valence-corrected chi connectivity index (χ2v) is 11.4. The zero-order chi connectivity index (χ0) is 23.9. The van der Waals surface area contributed by atoms with Crippen molar-refractivity contribution in [2.75, 3.05) is 26.2 Å². The lowest BCUT2D eigenvalue weighted by molar-refractivity contribution is -0.199. The molecule has 1 N–H and O–H groups in total. The van der Waals surface area contributed by atoms with Gasteiger partial charge in [0.05, 0.1) is 31.4 Å². The van der Waals surface area contributed by atoms with Crippen molar-refractivity contribution in [2.45, 2.75) is 45.4 Å². The van der Waals surface area contributed by atoms with E-state index in [2.05, 4.69) is 5.10 Å². The highest BCUT2D eigenvalue weighted by atomic mass is 32.2. The zero-order valence-electron chi connectivity index (χ0n) is 18.0. The maximum absolute atomic E-state index is 13.1. The molecule has 2 heterocycles. The molecule has 13 nitrogen and oxygen atoms in total. The summed E-state index contributed by atoms with van der Waals surface area (Å²) in [5, 5.41) is 14.2. The molecular formula is C16H26N4O9S2. The van der Waals surface area contributed by atoms with E-state index in [0.717, 1.165) is 22.5 Å². The monoisotopic (exact) mass is 482 g/mol. The first-order valence-corrected chi connectivity index (χ1v) is 12.7. The summed E-state index contributed by atoms with van der Waals surface area (Å²) in [6.45, 7) is 3.96. The minimum absolute atomic E-state index is 0.128. The number of hydrogen-bond acceptors (Lipinski definition) is 9. The van der Waals surface area contributed by atoms with E-state index in [-0.39, 0.29) is 24.2 Å². The molecule has 0 spiro atoms. The van der Waals surface area contributed by atoms with E-state index in [9.17, 15) is 31.5 Å². The summed E-state index contributed by atoms with van der Waals surface area (Å²) in [4.78, 5) is 31.2. The van der Waals surface area contributed by atoms with E-state index in [1.807, 2.05) is 0 Å². The lowest BCUT2D eigenvalue weighted by Gasteiger charge is -2.31. The summed E-state index contributed by atoms with van der Waals surface area (Å²) in [7, 11) is -6.54. The third kappa shape index (κ3) is 5.93. The van der Waals surface area contributed by atoms with Crippen LogP contribution in [0.1, 0.15) is 42.5 Å². The summed E-state index contributed by atoms with van der Waals surface area (Å²) in [5.74, 6) is -0.897. The molecule has 0 aromatic carbocycles. The van der Waals surface area contributed by atoms with Crippen LogP contribution in [0.2, 0.25) is 0 Å². The maximum Gasteiger partial charge on any atom is 0.407 e. The second kappa shape index (κ2) is 8.37. The van der Waals surface area contributed by atoms with Crippen molar-refractivity contribution >= 4 is 32.1 Å². The lowest BCUT2D eigenvalue weighted by atomic mass is 10.00. The SMILES string of the molecule is C[C@@H]1Cc2nn(S(C)(=O)=O)c(C(=O)N(C)OC(C)(C)COS(C)(=O)=O)c2CN1C(=O)O. The molecule has 176 valence electrons. The van der Waals surface area contributed by atoms with Crippen LogP contribution < -0.4 is 0 Å². The van der Waals surface area contributed by atoms with Gasteiger partial charge < -0.3 is 10.0 Å². The molecule has 0 bridgehead atoms. The fourth-order valence-corrected chi connectivity index (χ4v) is 4.33. The highest BCUT2D eigenvalue weighted by molar-refractivity contribution is 7.89. The Bertz CT molecular complexity index is 1090. The molecule has 0 unspecified atom stereocenters. The number of fused-ring (bicyclic) bond motifs is 1. The first kappa shape index (κ1) is 25.0. The molecule has 1 atom stereocenters. The number of carbonyl (C=O) groups is 2. The van der Waals surface area contributed by atoms with Gasteiger partial charge in [0.15, 0.2) is 5.69 Å². The van der Waals surface area contributed by atoms with Crippen LogP contribution in [-0.2, 0) is 42.1 Å². The second-order valence-electron chi connectivity index (χ2n) is 7.96. The van der Waals surface area contributed by atoms with E-state index in [0.29, 0.717) is 9.78 Å². The number of hydrogen-bond donors (Lipinski definition) is 1. The highest BCUT2D eigenvalue weighted by Crippen LogP contribution is 2.28. The van der Waals surface area contributed by atoms with Crippen LogP contribution in [0.5, 0.6) is 0 Å². The number of carboxylic acid groups (broad SMARTS) is 1. The van der Waals surface area contributed by atoms with E-state index in [1.54, 1.807) is 6.92 Å². The Morgan fingerprint density at radius 2 is 1.84 bits per heavy atom. The fourth-order valence-electron chi connectivity index (χ4n) is 3.06. The van der Waals surface area contributed by atoms with Gasteiger partial charge in [0.1, 0.15) is 5.60 Å². The van der Waals surface area contributed by atoms with Crippen LogP contribution in [0, 0.1) is 0 Å². The Morgan fingerprint density at radius 3 is 2.32 bits per heavy atom. The highest BCUT2D eigenvalue weighted by Gasteiger charge is 2.38. The zero-order valence-corrected chi connectivity index (χ0v) is 19.7. The summed E-state index contributed by atoms with van der Waals surface area (Å²) in [6.07, 6.45) is 0.644. The average Bonchev–Trinajstić information content (AvgIpc) is 2.96. The molecular weight excluding hydrogens is 456 g/mol. The number of rotatable bonds is 7. The van der Waals surface area contributed by atoms with Crippen LogP contribution in [0.3, 0.4) is 0 Å². The number of nitrogens with zero attached hydrogens (tertiary/aromatic N) is 4. The molecule has 31 heavy (non-hydrogen) atoms. The standard InChI is InChI=1S/C16H26N4O9S2/c1-10-7-12-11(8-19(10)15(22)23)13(20(17-12)30(5,24)25)14(21)18(4)29-16(2,3)9-28-31(6,26)27/h10H,7-9H2,1-6H3,(H,22,23)/t10-/m1/s1. The maximum atomic E-state index is 13.1. The van der Waals surface area contributed by atoms with Crippen molar-refractivity contribution in [1.82, 2.24) is 19.1 Å². The largest absolute Gasteiger partial charge is 0.465 e. The van der Waals surface area contributed by atoms with Gasteiger partial charge in [-0.1, -0.05) is 0 Å². The predicted octanol–water partition coefficient (Wildman–Crippen LogP) is -0.126. The number of hydroxylamine groups is 2. The quantitative estimate of drug-likeness (QED) is 0.409. The molecule has 0 radical (unpaired) electrons. The van der Waals surface area contributed by atoms with Gasteiger partial charge in [-0.25, -0.2) is 18.3 Å². The number of carbonyl (C=O) groups excluding carboxylic acids is 1. The Balaban J connectivity index is 2.42. The smallest absolute Gasteiger partial charge is 0.407 e. The summed E-state index contributed by atoms with van der Waals surface area (Å²) in [5.41, 5.74) is -1.16. The lowest BCUT2D eigenvalue weighted by Crippen LogP contribution is -2.43. The van der Waals surface area contributed by atoms with Gasteiger partial charge in [-0.15, -0.1) is 0 Å². The summed E-state index contributed by atoms with van der Waals surface area (Å²) >= 11 is 0. The van der Waals surface area contributed by atoms with E-state index in [4.69, 9.17) is 9.02 Å². The first-order chi connectivity index (χ1) is 13.9. The molecule has 0 saturated heterocycles. The number of amides is 2. The molecule has 0 aliphatic carbocycles. The topological polar surface area (TPSA) is 165 Å². The van der Waals surface area contributed by atoms with Crippen molar-refractivity contribution in [3.8, 4) is 0 Å². The Hall–Kier alpha value is -2.23. The fraction of sp³-hybridized carbons (Fsp3) is 0.688. The third-order valence-electron chi connectivity index (χ3n) is 4.44. The normalized spacial score (nSPS) is 17.4. The predicted molar refractivity (Wildman–Crippen MR) is 107 cm³/mol. The van der Waals surface area contributed by atoms with Gasteiger partial charge in [-0.3, -0.25) is 13.8 Å². The van der Waals surface area contributed by atoms with E-state index >= 15 is 0 Å². The van der Waals surface area contributed by atoms with Crippen LogP contribution in [0.4, 0.5) is 4.79 Å². The van der Waals surface area contributed by atoms with Crippen LogP contribution >= 0.6 is 0 Å². The Kier molecular flexibility index (Phi) is 6.76.